The summed E-state index contributed by atoms with van der Waals surface area (Å²) < 4.78 is 29.6. The zero-order valence-corrected chi connectivity index (χ0v) is 17.8. The van der Waals surface area contributed by atoms with Gasteiger partial charge in [0, 0.05) is 32.5 Å². The number of Topliss-reactive ketones (excluding diaryl/α,β-unsaturated/α-hetero) is 1. The van der Waals surface area contributed by atoms with Gasteiger partial charge in [-0.25, -0.2) is 8.42 Å². The molecular formula is C21H26N2O6S. The summed E-state index contributed by atoms with van der Waals surface area (Å²) in [4.78, 5) is 40.9. The Hall–Kier alpha value is -2.42. The van der Waals surface area contributed by atoms with Gasteiger partial charge in [-0.3, -0.25) is 14.4 Å². The number of ether oxygens (including phenoxy) is 1. The molecule has 0 radical (unpaired) electrons. The first-order chi connectivity index (χ1) is 14.2. The third-order valence-electron chi connectivity index (χ3n) is 6.46. The number of benzene rings is 1. The van der Waals surface area contributed by atoms with Crippen LogP contribution in [0.3, 0.4) is 0 Å². The Morgan fingerprint density at radius 2 is 2.03 bits per heavy atom. The molecule has 0 aromatic heterocycles. The van der Waals surface area contributed by atoms with Crippen molar-refractivity contribution in [1.29, 1.82) is 0 Å². The summed E-state index contributed by atoms with van der Waals surface area (Å²) in [5, 5.41) is 0. The van der Waals surface area contributed by atoms with Gasteiger partial charge in [-0.1, -0.05) is 12.1 Å². The molecule has 1 aromatic carbocycles. The quantitative estimate of drug-likeness (QED) is 0.705. The Kier molecular flexibility index (Phi) is 5.34. The molecule has 8 nitrogen and oxygen atoms in total. The fraction of sp³-hybridized carbons (Fsp3) is 0.571. The number of fused-ring (bicyclic) bond motifs is 1. The van der Waals surface area contributed by atoms with E-state index in [9.17, 15) is 22.8 Å². The van der Waals surface area contributed by atoms with Crippen molar-refractivity contribution < 1.29 is 27.5 Å². The van der Waals surface area contributed by atoms with Crippen molar-refractivity contribution in [2.24, 2.45) is 0 Å². The molecule has 0 bridgehead atoms. The minimum Gasteiger partial charge on any atom is -0.486 e. The third kappa shape index (κ3) is 4.08. The maximum absolute atomic E-state index is 12.7. The highest BCUT2D eigenvalue weighted by Gasteiger charge is 2.43. The van der Waals surface area contributed by atoms with Crippen LogP contribution in [-0.4, -0.2) is 79.1 Å². The Labute approximate surface area is 176 Å². The lowest BCUT2D eigenvalue weighted by atomic mass is 9.84. The van der Waals surface area contributed by atoms with Crippen LogP contribution in [0.2, 0.25) is 0 Å². The van der Waals surface area contributed by atoms with E-state index in [1.54, 1.807) is 25.2 Å². The summed E-state index contributed by atoms with van der Waals surface area (Å²) in [6.07, 6.45) is 1.74. The van der Waals surface area contributed by atoms with Gasteiger partial charge in [0.1, 0.15) is 11.4 Å². The molecule has 9 heteroatoms. The van der Waals surface area contributed by atoms with Crippen LogP contribution in [0.5, 0.6) is 5.75 Å². The molecule has 2 saturated heterocycles. The largest absolute Gasteiger partial charge is 0.486 e. The number of rotatable bonds is 3. The molecule has 0 unspecified atom stereocenters. The summed E-state index contributed by atoms with van der Waals surface area (Å²) in [6, 6.07) is 6.79. The van der Waals surface area contributed by atoms with Gasteiger partial charge in [-0.2, -0.15) is 0 Å². The van der Waals surface area contributed by atoms with Crippen molar-refractivity contribution in [3.8, 4) is 5.75 Å². The second kappa shape index (κ2) is 7.68. The van der Waals surface area contributed by atoms with Gasteiger partial charge >= 0.3 is 0 Å². The molecule has 0 aliphatic carbocycles. The van der Waals surface area contributed by atoms with Crippen LogP contribution in [0.15, 0.2) is 24.3 Å². The second-order valence-electron chi connectivity index (χ2n) is 8.51. The maximum atomic E-state index is 12.7. The summed E-state index contributed by atoms with van der Waals surface area (Å²) in [7, 11) is -1.50. The number of carbonyl (C=O) groups is 3. The lowest BCUT2D eigenvalue weighted by molar-refractivity contribution is -0.140. The van der Waals surface area contributed by atoms with Crippen molar-refractivity contribution in [2.75, 3.05) is 31.6 Å². The van der Waals surface area contributed by atoms with Crippen LogP contribution in [-0.2, 0) is 19.4 Å². The number of para-hydroxylation sites is 1. The Morgan fingerprint density at radius 1 is 1.27 bits per heavy atom. The minimum atomic E-state index is -3.09. The van der Waals surface area contributed by atoms with Gasteiger partial charge < -0.3 is 14.5 Å². The van der Waals surface area contributed by atoms with E-state index in [0.29, 0.717) is 37.1 Å². The number of likely N-dealkylation sites (tertiary alicyclic amines) is 1. The highest BCUT2D eigenvalue weighted by atomic mass is 32.2. The predicted octanol–water partition coefficient (Wildman–Crippen LogP) is 1.05. The number of hydrogen-bond donors (Lipinski definition) is 0. The minimum absolute atomic E-state index is 0.0102. The topological polar surface area (TPSA) is 101 Å². The Morgan fingerprint density at radius 3 is 2.77 bits per heavy atom. The summed E-state index contributed by atoms with van der Waals surface area (Å²) in [5.41, 5.74) is -0.163. The lowest BCUT2D eigenvalue weighted by Crippen LogP contribution is -2.46. The van der Waals surface area contributed by atoms with E-state index >= 15 is 0 Å². The molecule has 3 aliphatic rings. The SMILES string of the molecule is CN(C(=O)CN1CC[C@]2(CCC1=O)CC(=O)c1ccccc1O2)[C@H]1CCS(=O)(=O)C1. The fourth-order valence-electron chi connectivity index (χ4n) is 4.53. The first-order valence-corrected chi connectivity index (χ1v) is 12.1. The van der Waals surface area contributed by atoms with Gasteiger partial charge in [0.2, 0.25) is 11.8 Å². The highest BCUT2D eigenvalue weighted by molar-refractivity contribution is 7.91. The van der Waals surface area contributed by atoms with Crippen LogP contribution < -0.4 is 4.74 Å². The van der Waals surface area contributed by atoms with Crippen LogP contribution in [0, 0.1) is 0 Å². The fourth-order valence-corrected chi connectivity index (χ4v) is 6.30. The van der Waals surface area contributed by atoms with E-state index in [1.165, 1.54) is 9.80 Å². The number of ketones is 1. The number of amides is 2. The molecule has 2 fully saturated rings. The molecule has 2 atom stereocenters. The van der Waals surface area contributed by atoms with Crippen LogP contribution in [0.25, 0.3) is 0 Å². The zero-order valence-electron chi connectivity index (χ0n) is 17.0. The van der Waals surface area contributed by atoms with Gasteiger partial charge in [0.25, 0.3) is 0 Å². The number of hydrogen-bond acceptors (Lipinski definition) is 6. The molecule has 1 spiro atoms. The average molecular weight is 435 g/mol. The average Bonchev–Trinajstić information content (AvgIpc) is 3.01. The molecule has 4 rings (SSSR count). The Bertz CT molecular complexity index is 991. The van der Waals surface area contributed by atoms with Crippen LogP contribution in [0.1, 0.15) is 42.5 Å². The molecule has 2 amide bonds. The Balaban J connectivity index is 1.42. The monoisotopic (exact) mass is 434 g/mol. The predicted molar refractivity (Wildman–Crippen MR) is 109 cm³/mol. The summed E-state index contributed by atoms with van der Waals surface area (Å²) >= 11 is 0. The molecular weight excluding hydrogens is 408 g/mol. The number of nitrogens with zero attached hydrogens (tertiary/aromatic N) is 2. The molecule has 162 valence electrons. The maximum Gasteiger partial charge on any atom is 0.242 e. The van der Waals surface area contributed by atoms with Crippen molar-refractivity contribution in [2.45, 2.75) is 43.7 Å². The number of sulfone groups is 1. The molecule has 30 heavy (non-hydrogen) atoms. The smallest absolute Gasteiger partial charge is 0.242 e. The van der Waals surface area contributed by atoms with Gasteiger partial charge in [-0.05, 0) is 25.0 Å². The van der Waals surface area contributed by atoms with Crippen molar-refractivity contribution in [3.05, 3.63) is 29.8 Å². The zero-order chi connectivity index (χ0) is 21.5. The van der Waals surface area contributed by atoms with Gasteiger partial charge in [0.15, 0.2) is 15.6 Å². The van der Waals surface area contributed by atoms with E-state index in [1.807, 2.05) is 6.07 Å². The van der Waals surface area contributed by atoms with Crippen molar-refractivity contribution >= 4 is 27.4 Å². The summed E-state index contributed by atoms with van der Waals surface area (Å²) in [6.45, 7) is 0.226. The highest BCUT2D eigenvalue weighted by Crippen LogP contribution is 2.39. The van der Waals surface area contributed by atoms with E-state index < -0.39 is 15.4 Å². The van der Waals surface area contributed by atoms with Gasteiger partial charge in [0.05, 0.1) is 30.0 Å². The molecule has 3 heterocycles. The van der Waals surface area contributed by atoms with E-state index in [4.69, 9.17) is 4.74 Å². The lowest BCUT2D eigenvalue weighted by Gasteiger charge is -2.37. The second-order valence-corrected chi connectivity index (χ2v) is 10.7. The molecule has 1 aromatic rings. The standard InChI is InChI=1S/C21H26N2O6S/c1-22(15-7-11-30(27,28)14-15)20(26)13-23-10-9-21(8-6-19(23)25)12-17(24)16-4-2-3-5-18(16)29-21/h2-5,15H,6-14H2,1H3/t15-,21+/m0/s1. The van der Waals surface area contributed by atoms with Crippen molar-refractivity contribution in [3.63, 3.8) is 0 Å². The first kappa shape index (κ1) is 20.8. The molecule has 0 saturated carbocycles. The number of likely N-dealkylation sites (N-methyl/N-ethyl adjacent to an activating group) is 1. The third-order valence-corrected chi connectivity index (χ3v) is 8.21. The van der Waals surface area contributed by atoms with E-state index in [2.05, 4.69) is 0 Å². The molecule has 3 aliphatic heterocycles. The normalized spacial score (nSPS) is 28.0. The summed E-state index contributed by atoms with van der Waals surface area (Å²) in [5.74, 6) is 0.202. The van der Waals surface area contributed by atoms with E-state index in [0.717, 1.165) is 0 Å². The van der Waals surface area contributed by atoms with Crippen molar-refractivity contribution in [1.82, 2.24) is 9.80 Å². The first-order valence-electron chi connectivity index (χ1n) is 10.2. The van der Waals surface area contributed by atoms with E-state index in [-0.39, 0.29) is 54.5 Å². The van der Waals surface area contributed by atoms with Gasteiger partial charge in [-0.15, -0.1) is 0 Å². The molecule has 0 N–H and O–H groups in total. The van der Waals surface area contributed by atoms with Crippen LogP contribution >= 0.6 is 0 Å². The van der Waals surface area contributed by atoms with Crippen LogP contribution in [0.4, 0.5) is 0 Å². The number of carbonyl (C=O) groups excluding carboxylic acids is 3.